The molecule has 0 heterocycles. The number of hydrogen-bond acceptors (Lipinski definition) is 5. The second-order valence-electron chi connectivity index (χ2n) is 4.76. The fourth-order valence-corrected chi connectivity index (χ4v) is 1.82. The average Bonchev–Trinajstić information content (AvgIpc) is 2.56. The second kappa shape index (κ2) is 7.47. The molecule has 0 saturated carbocycles. The number of primary amides is 1. The van der Waals surface area contributed by atoms with Crippen LogP contribution in [-0.2, 0) is 4.79 Å². The summed E-state index contributed by atoms with van der Waals surface area (Å²) in [5.41, 5.74) is 6.29. The van der Waals surface area contributed by atoms with Crippen molar-refractivity contribution in [3.63, 3.8) is 0 Å². The third kappa shape index (κ3) is 4.35. The summed E-state index contributed by atoms with van der Waals surface area (Å²) in [4.78, 5) is 23.0. The summed E-state index contributed by atoms with van der Waals surface area (Å²) in [5, 5.41) is 23.7. The lowest BCUT2D eigenvalue weighted by Gasteiger charge is -2.06. The number of rotatable bonds is 5. The molecular weight excluding hydrogens is 308 g/mol. The van der Waals surface area contributed by atoms with Gasteiger partial charge in [-0.3, -0.25) is 9.59 Å². The van der Waals surface area contributed by atoms with Gasteiger partial charge in [0, 0.05) is 29.2 Å². The van der Waals surface area contributed by atoms with Crippen LogP contribution >= 0.6 is 0 Å². The molecule has 7 heteroatoms. The molecule has 0 unspecified atom stereocenters. The minimum atomic E-state index is -0.621. The number of aromatic hydroxyl groups is 1. The predicted octanol–water partition coefficient (Wildman–Crippen LogP) is 1.95. The van der Waals surface area contributed by atoms with Gasteiger partial charge in [0.05, 0.1) is 0 Å². The lowest BCUT2D eigenvalue weighted by atomic mass is 10.2. The number of carbonyl (C=O) groups excluding carboxylic acids is 2. The molecule has 2 rings (SSSR count). The number of amides is 2. The smallest absolute Gasteiger partial charge is 0.267 e. The first-order chi connectivity index (χ1) is 11.5. The van der Waals surface area contributed by atoms with Crippen molar-refractivity contribution in [1.82, 2.24) is 0 Å². The molecule has 0 fully saturated rings. The molecule has 7 nitrogen and oxygen atoms in total. The van der Waals surface area contributed by atoms with Gasteiger partial charge in [-0.05, 0) is 36.4 Å². The average molecular weight is 322 g/mol. The number of phenolic OH excluding ortho intramolecular Hbond substituents is 1. The van der Waals surface area contributed by atoms with Crippen molar-refractivity contribution in [2.75, 3.05) is 10.6 Å². The van der Waals surface area contributed by atoms with Crippen LogP contribution in [0.2, 0.25) is 0 Å². The predicted molar refractivity (Wildman–Crippen MR) is 89.0 cm³/mol. The molecule has 0 atom stereocenters. The van der Waals surface area contributed by atoms with Gasteiger partial charge in [-0.25, -0.2) is 0 Å². The van der Waals surface area contributed by atoms with Crippen LogP contribution in [0.3, 0.4) is 0 Å². The summed E-state index contributed by atoms with van der Waals surface area (Å²) in [7, 11) is 0. The van der Waals surface area contributed by atoms with Gasteiger partial charge in [0.25, 0.3) is 5.91 Å². The van der Waals surface area contributed by atoms with Crippen LogP contribution in [0, 0.1) is 11.3 Å². The number of nitriles is 1. The molecule has 24 heavy (non-hydrogen) atoms. The lowest BCUT2D eigenvalue weighted by molar-refractivity contribution is -0.112. The van der Waals surface area contributed by atoms with E-state index in [1.165, 1.54) is 30.5 Å². The molecule has 0 aliphatic rings. The molecule has 0 radical (unpaired) electrons. The minimum absolute atomic E-state index is 0.00273. The zero-order valence-electron chi connectivity index (χ0n) is 12.5. The van der Waals surface area contributed by atoms with E-state index in [9.17, 15) is 14.7 Å². The Bertz CT molecular complexity index is 836. The molecule has 2 aromatic rings. The van der Waals surface area contributed by atoms with E-state index in [-0.39, 0.29) is 11.3 Å². The highest BCUT2D eigenvalue weighted by Crippen LogP contribution is 2.16. The molecule has 2 amide bonds. The van der Waals surface area contributed by atoms with Crippen molar-refractivity contribution in [3.05, 3.63) is 65.9 Å². The Morgan fingerprint density at radius 3 is 2.42 bits per heavy atom. The van der Waals surface area contributed by atoms with E-state index in [4.69, 9.17) is 11.0 Å². The van der Waals surface area contributed by atoms with Crippen LogP contribution in [0.15, 0.2) is 60.3 Å². The van der Waals surface area contributed by atoms with Crippen LogP contribution in [-0.4, -0.2) is 16.9 Å². The second-order valence-corrected chi connectivity index (χ2v) is 4.76. The van der Waals surface area contributed by atoms with Gasteiger partial charge < -0.3 is 21.5 Å². The Kier molecular flexibility index (Phi) is 5.16. The number of anilines is 2. The molecule has 0 bridgehead atoms. The summed E-state index contributed by atoms with van der Waals surface area (Å²) in [6, 6.07) is 14.0. The largest absolute Gasteiger partial charge is 0.508 e. The van der Waals surface area contributed by atoms with Crippen LogP contribution in [0.1, 0.15) is 10.4 Å². The van der Waals surface area contributed by atoms with E-state index >= 15 is 0 Å². The zero-order chi connectivity index (χ0) is 17.5. The summed E-state index contributed by atoms with van der Waals surface area (Å²) in [6.07, 6.45) is 1.25. The monoisotopic (exact) mass is 322 g/mol. The maximum Gasteiger partial charge on any atom is 0.267 e. The summed E-state index contributed by atoms with van der Waals surface area (Å²) < 4.78 is 0. The lowest BCUT2D eigenvalue weighted by Crippen LogP contribution is -2.14. The van der Waals surface area contributed by atoms with E-state index in [0.717, 1.165) is 0 Å². The first kappa shape index (κ1) is 16.6. The highest BCUT2D eigenvalue weighted by atomic mass is 16.3. The van der Waals surface area contributed by atoms with Crippen LogP contribution in [0.25, 0.3) is 0 Å². The Morgan fingerprint density at radius 1 is 1.12 bits per heavy atom. The Balaban J connectivity index is 2.07. The highest BCUT2D eigenvalue weighted by Gasteiger charge is 2.09. The molecule has 0 spiro atoms. The van der Waals surface area contributed by atoms with Gasteiger partial charge in [0.1, 0.15) is 17.4 Å². The van der Waals surface area contributed by atoms with E-state index in [2.05, 4.69) is 10.6 Å². The van der Waals surface area contributed by atoms with E-state index in [1.54, 1.807) is 30.3 Å². The highest BCUT2D eigenvalue weighted by molar-refractivity contribution is 6.06. The third-order valence-corrected chi connectivity index (χ3v) is 3.02. The SMILES string of the molecule is N#C/C(=C/Nc1ccc(C(N)=O)cc1)C(=O)Nc1cccc(O)c1. The number of carbonyl (C=O) groups is 2. The molecule has 0 aliphatic heterocycles. The topological polar surface area (TPSA) is 128 Å². The third-order valence-electron chi connectivity index (χ3n) is 3.02. The van der Waals surface area contributed by atoms with Gasteiger partial charge in [0.15, 0.2) is 0 Å². The van der Waals surface area contributed by atoms with Crippen molar-refractivity contribution in [3.8, 4) is 11.8 Å². The molecular formula is C17H14N4O3. The minimum Gasteiger partial charge on any atom is -0.508 e. The van der Waals surface area contributed by atoms with Crippen molar-refractivity contribution in [2.45, 2.75) is 0 Å². The molecule has 5 N–H and O–H groups in total. The molecule has 120 valence electrons. The van der Waals surface area contributed by atoms with Crippen molar-refractivity contribution in [2.24, 2.45) is 5.73 Å². The Labute approximate surface area is 138 Å². The molecule has 0 aromatic heterocycles. The summed E-state index contributed by atoms with van der Waals surface area (Å²) in [5.74, 6) is -1.16. The first-order valence-corrected chi connectivity index (χ1v) is 6.86. The van der Waals surface area contributed by atoms with E-state index < -0.39 is 11.8 Å². The molecule has 2 aromatic carbocycles. The Morgan fingerprint density at radius 2 is 1.83 bits per heavy atom. The van der Waals surface area contributed by atoms with Crippen LogP contribution in [0.5, 0.6) is 5.75 Å². The van der Waals surface area contributed by atoms with E-state index in [0.29, 0.717) is 16.9 Å². The number of benzene rings is 2. The van der Waals surface area contributed by atoms with Crippen molar-refractivity contribution in [1.29, 1.82) is 5.26 Å². The fourth-order valence-electron chi connectivity index (χ4n) is 1.82. The summed E-state index contributed by atoms with van der Waals surface area (Å²) in [6.45, 7) is 0. The van der Waals surface area contributed by atoms with Crippen LogP contribution < -0.4 is 16.4 Å². The first-order valence-electron chi connectivity index (χ1n) is 6.86. The van der Waals surface area contributed by atoms with Gasteiger partial charge >= 0.3 is 0 Å². The zero-order valence-corrected chi connectivity index (χ0v) is 12.5. The van der Waals surface area contributed by atoms with Gasteiger partial charge in [-0.2, -0.15) is 5.26 Å². The van der Waals surface area contributed by atoms with Crippen LogP contribution in [0.4, 0.5) is 11.4 Å². The molecule has 0 aliphatic carbocycles. The van der Waals surface area contributed by atoms with E-state index in [1.807, 2.05) is 0 Å². The fraction of sp³-hybridized carbons (Fsp3) is 0. The maximum absolute atomic E-state index is 12.0. The summed E-state index contributed by atoms with van der Waals surface area (Å²) >= 11 is 0. The van der Waals surface area contributed by atoms with Gasteiger partial charge in [-0.15, -0.1) is 0 Å². The normalized spacial score (nSPS) is 10.5. The number of phenols is 1. The molecule has 0 saturated heterocycles. The number of nitrogens with zero attached hydrogens (tertiary/aromatic N) is 1. The Hall–Kier alpha value is -3.79. The maximum atomic E-state index is 12.0. The number of hydrogen-bond donors (Lipinski definition) is 4. The number of nitrogens with two attached hydrogens (primary N) is 1. The quantitative estimate of drug-likeness (QED) is 0.494. The number of nitrogens with one attached hydrogen (secondary N) is 2. The van der Waals surface area contributed by atoms with Gasteiger partial charge in [-0.1, -0.05) is 6.07 Å². The van der Waals surface area contributed by atoms with Crippen molar-refractivity contribution < 1.29 is 14.7 Å². The van der Waals surface area contributed by atoms with Gasteiger partial charge in [0.2, 0.25) is 5.91 Å². The van der Waals surface area contributed by atoms with Crippen molar-refractivity contribution >= 4 is 23.2 Å². The standard InChI is InChI=1S/C17H14N4O3/c18-9-12(17(24)21-14-2-1-3-15(22)8-14)10-20-13-6-4-11(5-7-13)16(19)23/h1-8,10,20,22H,(H2,19,23)(H,21,24)/b12-10-.